The summed E-state index contributed by atoms with van der Waals surface area (Å²) in [5, 5.41) is 4.12. The van der Waals surface area contributed by atoms with Gasteiger partial charge in [-0.2, -0.15) is 4.98 Å². The van der Waals surface area contributed by atoms with Gasteiger partial charge in [-0.15, -0.1) is 0 Å². The lowest BCUT2D eigenvalue weighted by Gasteiger charge is -2.17. The second-order valence-electron chi connectivity index (χ2n) is 5.30. The molecule has 22 heavy (non-hydrogen) atoms. The smallest absolute Gasteiger partial charge is 0.232 e. The number of hydrogen-bond acceptors (Lipinski definition) is 4. The van der Waals surface area contributed by atoms with Crippen LogP contribution in [0.15, 0.2) is 22.7 Å². The number of hydrogen-bond donors (Lipinski definition) is 0. The van der Waals surface area contributed by atoms with Crippen LogP contribution < -0.4 is 4.90 Å². The molecular weight excluding hydrogens is 309 g/mol. The van der Waals surface area contributed by atoms with Crippen LogP contribution in [0.4, 0.5) is 10.1 Å². The number of aromatic nitrogens is 2. The third-order valence-electron chi connectivity index (χ3n) is 3.63. The fraction of sp³-hybridized carbons (Fsp3) is 0.400. The zero-order valence-electron chi connectivity index (χ0n) is 12.1. The largest absolute Gasteiger partial charge is 0.339 e. The molecule has 1 saturated heterocycles. The van der Waals surface area contributed by atoms with Crippen molar-refractivity contribution in [3.8, 4) is 0 Å². The minimum Gasteiger partial charge on any atom is -0.339 e. The Kier molecular flexibility index (Phi) is 4.11. The number of carbonyl (C=O) groups is 1. The molecule has 1 amide bonds. The number of carbonyl (C=O) groups excluding carboxylic acids is 1. The Balaban J connectivity index is 1.80. The highest BCUT2D eigenvalue weighted by atomic mass is 35.5. The van der Waals surface area contributed by atoms with Crippen LogP contribution in [0.5, 0.6) is 0 Å². The first-order valence-corrected chi connectivity index (χ1v) is 7.54. The van der Waals surface area contributed by atoms with Gasteiger partial charge < -0.3 is 9.42 Å². The van der Waals surface area contributed by atoms with Crippen LogP contribution in [0, 0.1) is 5.82 Å². The minimum absolute atomic E-state index is 0.0891. The van der Waals surface area contributed by atoms with Gasteiger partial charge >= 0.3 is 0 Å². The summed E-state index contributed by atoms with van der Waals surface area (Å²) in [4.78, 5) is 18.1. The van der Waals surface area contributed by atoms with Crippen molar-refractivity contribution in [2.45, 2.75) is 32.1 Å². The Morgan fingerprint density at radius 1 is 1.50 bits per heavy atom. The van der Waals surface area contributed by atoms with Crippen molar-refractivity contribution in [1.29, 1.82) is 0 Å². The summed E-state index contributed by atoms with van der Waals surface area (Å²) in [6.45, 7) is 2.44. The average Bonchev–Trinajstić information content (AvgIpc) is 3.06. The summed E-state index contributed by atoms with van der Waals surface area (Å²) in [6, 6.07) is 3.99. The zero-order chi connectivity index (χ0) is 15.7. The summed E-state index contributed by atoms with van der Waals surface area (Å²) in [5.41, 5.74) is 0.504. The molecule has 1 aromatic carbocycles. The van der Waals surface area contributed by atoms with Gasteiger partial charge in [0.15, 0.2) is 5.82 Å². The van der Waals surface area contributed by atoms with E-state index in [4.69, 9.17) is 16.1 Å². The van der Waals surface area contributed by atoms with Gasteiger partial charge in [-0.3, -0.25) is 4.79 Å². The van der Waals surface area contributed by atoms with Crippen molar-refractivity contribution in [2.24, 2.45) is 0 Å². The molecule has 3 rings (SSSR count). The van der Waals surface area contributed by atoms with Crippen LogP contribution in [-0.2, 0) is 11.2 Å². The van der Waals surface area contributed by atoms with Gasteiger partial charge in [0.05, 0.1) is 16.6 Å². The standard InChI is InChI=1S/C15H15ClFN3O2/c1-2-3-13-18-15(22-19-13)9-6-14(21)20(8-9)12-5-4-10(17)7-11(12)16/h4-5,7,9H,2-3,6,8H2,1H3. The first-order chi connectivity index (χ1) is 10.6. The van der Waals surface area contributed by atoms with E-state index in [-0.39, 0.29) is 23.3 Å². The van der Waals surface area contributed by atoms with Crippen LogP contribution in [-0.4, -0.2) is 22.6 Å². The van der Waals surface area contributed by atoms with Gasteiger partial charge in [0.2, 0.25) is 11.8 Å². The second kappa shape index (κ2) is 6.04. The minimum atomic E-state index is -0.432. The molecule has 0 saturated carbocycles. The van der Waals surface area contributed by atoms with E-state index in [0.29, 0.717) is 23.9 Å². The molecule has 1 atom stereocenters. The molecule has 0 bridgehead atoms. The van der Waals surface area contributed by atoms with Crippen LogP contribution in [0.25, 0.3) is 0 Å². The lowest BCUT2D eigenvalue weighted by atomic mass is 10.1. The predicted molar refractivity (Wildman–Crippen MR) is 79.4 cm³/mol. The molecule has 116 valence electrons. The average molecular weight is 324 g/mol. The highest BCUT2D eigenvalue weighted by Crippen LogP contribution is 2.35. The first-order valence-electron chi connectivity index (χ1n) is 7.16. The summed E-state index contributed by atoms with van der Waals surface area (Å²) in [6.07, 6.45) is 1.96. The maximum atomic E-state index is 13.1. The molecule has 2 heterocycles. The van der Waals surface area contributed by atoms with Gasteiger partial charge in [-0.25, -0.2) is 4.39 Å². The molecule has 0 aliphatic carbocycles. The third-order valence-corrected chi connectivity index (χ3v) is 3.93. The number of nitrogens with zero attached hydrogens (tertiary/aromatic N) is 3. The molecule has 0 N–H and O–H groups in total. The van der Waals surface area contributed by atoms with Crippen molar-refractivity contribution in [2.75, 3.05) is 11.4 Å². The molecular formula is C15H15ClFN3O2. The monoisotopic (exact) mass is 323 g/mol. The molecule has 0 radical (unpaired) electrons. The molecule has 1 unspecified atom stereocenters. The van der Waals surface area contributed by atoms with E-state index < -0.39 is 5.82 Å². The van der Waals surface area contributed by atoms with Gasteiger partial charge in [0.25, 0.3) is 0 Å². The number of amides is 1. The summed E-state index contributed by atoms with van der Waals surface area (Å²) >= 11 is 6.03. The molecule has 0 spiro atoms. The highest BCUT2D eigenvalue weighted by molar-refractivity contribution is 6.33. The van der Waals surface area contributed by atoms with E-state index in [1.807, 2.05) is 6.92 Å². The normalized spacial score (nSPS) is 18.2. The van der Waals surface area contributed by atoms with Crippen molar-refractivity contribution in [3.63, 3.8) is 0 Å². The topological polar surface area (TPSA) is 59.2 Å². The van der Waals surface area contributed by atoms with Crippen LogP contribution in [0.2, 0.25) is 5.02 Å². The number of anilines is 1. The predicted octanol–water partition coefficient (Wildman–Crippen LogP) is 3.34. The van der Waals surface area contributed by atoms with E-state index in [9.17, 15) is 9.18 Å². The van der Waals surface area contributed by atoms with Crippen LogP contribution in [0.1, 0.15) is 37.4 Å². The van der Waals surface area contributed by atoms with Gasteiger partial charge in [-0.1, -0.05) is 23.7 Å². The highest BCUT2D eigenvalue weighted by Gasteiger charge is 2.35. The SMILES string of the molecule is CCCc1noc(C2CC(=O)N(c3ccc(F)cc3Cl)C2)n1. The Morgan fingerprint density at radius 3 is 3.05 bits per heavy atom. The number of aryl methyl sites for hydroxylation is 1. The quantitative estimate of drug-likeness (QED) is 0.866. The lowest BCUT2D eigenvalue weighted by Crippen LogP contribution is -2.24. The van der Waals surface area contributed by atoms with Crippen LogP contribution in [0.3, 0.4) is 0 Å². The maximum Gasteiger partial charge on any atom is 0.232 e. The van der Waals surface area contributed by atoms with Gasteiger partial charge in [0.1, 0.15) is 5.82 Å². The van der Waals surface area contributed by atoms with E-state index in [1.165, 1.54) is 23.1 Å². The maximum absolute atomic E-state index is 13.1. The van der Waals surface area contributed by atoms with E-state index in [1.54, 1.807) is 0 Å². The zero-order valence-corrected chi connectivity index (χ0v) is 12.8. The molecule has 2 aromatic rings. The summed E-state index contributed by atoms with van der Waals surface area (Å²) in [5.74, 6) is 0.444. The van der Waals surface area contributed by atoms with E-state index in [2.05, 4.69) is 10.1 Å². The molecule has 1 fully saturated rings. The van der Waals surface area contributed by atoms with Gasteiger partial charge in [0, 0.05) is 19.4 Å². The number of benzene rings is 1. The molecule has 1 aromatic heterocycles. The third kappa shape index (κ3) is 2.83. The van der Waals surface area contributed by atoms with Gasteiger partial charge in [-0.05, 0) is 24.6 Å². The molecule has 7 heteroatoms. The summed E-state index contributed by atoms with van der Waals surface area (Å²) in [7, 11) is 0. The lowest BCUT2D eigenvalue weighted by molar-refractivity contribution is -0.117. The second-order valence-corrected chi connectivity index (χ2v) is 5.71. The fourth-order valence-electron chi connectivity index (χ4n) is 2.56. The number of rotatable bonds is 4. The Morgan fingerprint density at radius 2 is 2.32 bits per heavy atom. The van der Waals surface area contributed by atoms with Crippen molar-refractivity contribution < 1.29 is 13.7 Å². The van der Waals surface area contributed by atoms with E-state index in [0.717, 1.165) is 12.8 Å². The van der Waals surface area contributed by atoms with Crippen molar-refractivity contribution in [3.05, 3.63) is 40.8 Å². The van der Waals surface area contributed by atoms with E-state index >= 15 is 0 Å². The fourth-order valence-corrected chi connectivity index (χ4v) is 2.83. The summed E-state index contributed by atoms with van der Waals surface area (Å²) < 4.78 is 18.4. The van der Waals surface area contributed by atoms with Crippen molar-refractivity contribution in [1.82, 2.24) is 10.1 Å². The Bertz CT molecular complexity index is 704. The van der Waals surface area contributed by atoms with Crippen molar-refractivity contribution >= 4 is 23.2 Å². The van der Waals surface area contributed by atoms with Crippen LogP contribution >= 0.6 is 11.6 Å². The Hall–Kier alpha value is -1.95. The Labute approximate surface area is 132 Å². The molecule has 5 nitrogen and oxygen atoms in total. The number of halogens is 2. The first kappa shape index (κ1) is 15.0. The molecule has 1 aliphatic rings. The molecule has 1 aliphatic heterocycles.